The Labute approximate surface area is 160 Å². The molecule has 3 aromatic heterocycles. The van der Waals surface area contributed by atoms with Gasteiger partial charge in [-0.2, -0.15) is 0 Å². The molecule has 3 aromatic rings. The Morgan fingerprint density at radius 1 is 1.25 bits per heavy atom. The van der Waals surface area contributed by atoms with Crippen LogP contribution in [0, 0.1) is 11.2 Å². The second-order valence-corrected chi connectivity index (χ2v) is 8.89. The van der Waals surface area contributed by atoms with Crippen molar-refractivity contribution in [2.24, 2.45) is 0 Å². The van der Waals surface area contributed by atoms with Crippen LogP contribution in [0.25, 0.3) is 11.0 Å². The van der Waals surface area contributed by atoms with Gasteiger partial charge < -0.3 is 10.6 Å². The van der Waals surface area contributed by atoms with Crippen LogP contribution in [-0.2, 0) is 9.84 Å². The smallest absolute Gasteiger partial charge is 0.162 e. The molecule has 0 amide bonds. The van der Waals surface area contributed by atoms with Crippen LogP contribution in [0.5, 0.6) is 0 Å². The molecule has 0 spiro atoms. The summed E-state index contributed by atoms with van der Waals surface area (Å²) in [5.41, 5.74) is 2.09. The number of nitrogens with zero attached hydrogens (tertiary/aromatic N) is 3. The summed E-state index contributed by atoms with van der Waals surface area (Å²) >= 11 is 0. The minimum atomic E-state index is -3.54. The Morgan fingerprint density at radius 2 is 2.07 bits per heavy atom. The van der Waals surface area contributed by atoms with Gasteiger partial charge in [0.1, 0.15) is 28.2 Å². The molecule has 8 nitrogen and oxygen atoms in total. The number of rotatable bonds is 3. The summed E-state index contributed by atoms with van der Waals surface area (Å²) in [7, 11) is -3.54. The summed E-state index contributed by atoms with van der Waals surface area (Å²) in [5.74, 6) is -0.750. The fourth-order valence-corrected chi connectivity index (χ4v) is 4.52. The molecule has 4 rings (SSSR count). The van der Waals surface area contributed by atoms with Gasteiger partial charge in [0.2, 0.25) is 0 Å². The molecule has 1 fully saturated rings. The van der Waals surface area contributed by atoms with E-state index in [9.17, 15) is 12.8 Å². The molecule has 0 aliphatic carbocycles. The molecule has 0 radical (unpaired) electrons. The molecular weight excluding hydrogens is 383 g/mol. The predicted octanol–water partition coefficient (Wildman–Crippen LogP) is 2.33. The minimum absolute atomic E-state index is 0.129. The Balaban J connectivity index is 1.69. The van der Waals surface area contributed by atoms with Gasteiger partial charge in [0.05, 0.1) is 29.2 Å². The molecule has 4 heterocycles. The van der Waals surface area contributed by atoms with Crippen molar-refractivity contribution in [3.05, 3.63) is 54.2 Å². The van der Waals surface area contributed by atoms with Gasteiger partial charge in [-0.1, -0.05) is 0 Å². The molecule has 1 aliphatic rings. The van der Waals surface area contributed by atoms with Gasteiger partial charge in [0, 0.05) is 18.0 Å². The molecule has 144 valence electrons. The molecule has 3 N–H and O–H groups in total. The van der Waals surface area contributed by atoms with Crippen LogP contribution in [0.15, 0.2) is 42.9 Å². The minimum Gasteiger partial charge on any atom is -0.365 e. The second kappa shape index (κ2) is 6.79. The maximum absolute atomic E-state index is 14.4. The van der Waals surface area contributed by atoms with E-state index in [4.69, 9.17) is 5.41 Å². The average molecular weight is 400 g/mol. The molecule has 1 saturated heterocycles. The quantitative estimate of drug-likeness (QED) is 0.617. The topological polar surface area (TPSA) is 121 Å². The molecule has 0 aromatic carbocycles. The van der Waals surface area contributed by atoms with Gasteiger partial charge in [-0.3, -0.25) is 15.4 Å². The van der Waals surface area contributed by atoms with Gasteiger partial charge >= 0.3 is 0 Å². The van der Waals surface area contributed by atoms with Gasteiger partial charge in [-0.15, -0.1) is 0 Å². The van der Waals surface area contributed by atoms with E-state index in [1.165, 1.54) is 13.0 Å². The Kier molecular flexibility index (Phi) is 4.42. The average Bonchev–Trinajstić information content (AvgIpc) is 2.67. The predicted molar refractivity (Wildman–Crippen MR) is 104 cm³/mol. The highest BCUT2D eigenvalue weighted by Crippen LogP contribution is 2.28. The van der Waals surface area contributed by atoms with Crippen molar-refractivity contribution in [2.45, 2.75) is 18.2 Å². The number of sulfone groups is 1. The zero-order valence-corrected chi connectivity index (χ0v) is 15.7. The molecule has 1 aliphatic heterocycles. The first kappa shape index (κ1) is 18.2. The summed E-state index contributed by atoms with van der Waals surface area (Å²) in [6.45, 7) is 1.44. The molecular formula is C18H17FN6O2S. The molecule has 0 saturated carbocycles. The lowest BCUT2D eigenvalue weighted by Gasteiger charge is -2.30. The number of aromatic nitrogens is 3. The van der Waals surface area contributed by atoms with Gasteiger partial charge in [-0.05, 0) is 31.2 Å². The zero-order valence-electron chi connectivity index (χ0n) is 14.8. The third kappa shape index (κ3) is 3.26. The lowest BCUT2D eigenvalue weighted by molar-refractivity contribution is 0.544. The largest absolute Gasteiger partial charge is 0.365 e. The van der Waals surface area contributed by atoms with E-state index < -0.39 is 26.9 Å². The van der Waals surface area contributed by atoms with Crippen LogP contribution in [0.1, 0.15) is 18.5 Å². The normalized spacial score (nSPS) is 21.3. The first-order chi connectivity index (χ1) is 13.3. The number of hydrogen-bond donors (Lipinski definition) is 3. The number of fused-ring (bicyclic) bond motifs is 1. The van der Waals surface area contributed by atoms with Gasteiger partial charge in [0.15, 0.2) is 9.84 Å². The first-order valence-corrected chi connectivity index (χ1v) is 10.3. The van der Waals surface area contributed by atoms with Crippen molar-refractivity contribution in [1.29, 1.82) is 5.41 Å². The van der Waals surface area contributed by atoms with Crippen LogP contribution in [0.4, 0.5) is 15.9 Å². The lowest BCUT2D eigenvalue weighted by Crippen LogP contribution is -2.49. The van der Waals surface area contributed by atoms with Crippen LogP contribution in [-0.4, -0.2) is 40.2 Å². The van der Waals surface area contributed by atoms with Crippen molar-refractivity contribution in [3.8, 4) is 0 Å². The van der Waals surface area contributed by atoms with E-state index in [2.05, 4.69) is 25.6 Å². The van der Waals surface area contributed by atoms with Crippen molar-refractivity contribution in [1.82, 2.24) is 20.3 Å². The van der Waals surface area contributed by atoms with Crippen molar-refractivity contribution < 1.29 is 12.8 Å². The van der Waals surface area contributed by atoms with Crippen LogP contribution in [0.3, 0.4) is 0 Å². The summed E-state index contributed by atoms with van der Waals surface area (Å²) in [5, 5.41) is 12.8. The third-order valence-electron chi connectivity index (χ3n) is 4.69. The fourth-order valence-electron chi connectivity index (χ4n) is 3.08. The second-order valence-electron chi connectivity index (χ2n) is 6.53. The summed E-state index contributed by atoms with van der Waals surface area (Å²) in [4.78, 5) is 12.6. The van der Waals surface area contributed by atoms with Crippen molar-refractivity contribution in [2.75, 3.05) is 11.1 Å². The maximum atomic E-state index is 14.4. The SMILES string of the molecule is CC1C(=N)N[C@H](c2cc(Nc3ccnc4cccnc34)ncc2F)CS1(=O)=O. The van der Waals surface area contributed by atoms with Crippen LogP contribution < -0.4 is 10.6 Å². The molecule has 28 heavy (non-hydrogen) atoms. The van der Waals surface area contributed by atoms with E-state index in [0.717, 1.165) is 6.20 Å². The third-order valence-corrected chi connectivity index (χ3v) is 6.80. The van der Waals surface area contributed by atoms with E-state index in [1.54, 1.807) is 24.5 Å². The van der Waals surface area contributed by atoms with E-state index in [0.29, 0.717) is 22.5 Å². The van der Waals surface area contributed by atoms with E-state index in [1.807, 2.05) is 6.07 Å². The lowest BCUT2D eigenvalue weighted by atomic mass is 10.1. The monoisotopic (exact) mass is 400 g/mol. The number of pyridine rings is 3. The molecule has 2 atom stereocenters. The Hall–Kier alpha value is -3.14. The van der Waals surface area contributed by atoms with E-state index >= 15 is 0 Å². The molecule has 10 heteroatoms. The van der Waals surface area contributed by atoms with Crippen molar-refractivity contribution >= 4 is 38.2 Å². The molecule has 1 unspecified atom stereocenters. The zero-order chi connectivity index (χ0) is 19.9. The highest BCUT2D eigenvalue weighted by molar-refractivity contribution is 7.92. The van der Waals surface area contributed by atoms with Crippen LogP contribution in [0.2, 0.25) is 0 Å². The number of halogens is 1. The maximum Gasteiger partial charge on any atom is 0.162 e. The summed E-state index contributed by atoms with van der Waals surface area (Å²) in [6.07, 6.45) is 4.29. The Bertz CT molecular complexity index is 1180. The van der Waals surface area contributed by atoms with E-state index in [-0.39, 0.29) is 17.2 Å². The standard InChI is InChI=1S/C18H17FN6O2S/c1-10-18(20)25-15(9-28(10,26)27)11-7-16(23-8-12(11)19)24-14-4-6-21-13-3-2-5-22-17(13)14/h2-8,10,15H,9H2,1H3,(H2,20,25)(H,21,23,24)/t10?,15-/m0/s1. The number of anilines is 2. The van der Waals surface area contributed by atoms with Gasteiger partial charge in [-0.25, -0.2) is 17.8 Å². The van der Waals surface area contributed by atoms with Gasteiger partial charge in [0.25, 0.3) is 0 Å². The highest BCUT2D eigenvalue weighted by atomic mass is 32.2. The molecule has 0 bridgehead atoms. The first-order valence-electron chi connectivity index (χ1n) is 8.54. The highest BCUT2D eigenvalue weighted by Gasteiger charge is 2.36. The van der Waals surface area contributed by atoms with Crippen LogP contribution >= 0.6 is 0 Å². The number of nitrogens with one attached hydrogen (secondary N) is 3. The Morgan fingerprint density at radius 3 is 2.86 bits per heavy atom. The number of amidine groups is 1. The summed E-state index contributed by atoms with van der Waals surface area (Å²) < 4.78 is 38.9. The fraction of sp³-hybridized carbons (Fsp3) is 0.222. The number of hydrogen-bond acceptors (Lipinski definition) is 7. The summed E-state index contributed by atoms with van der Waals surface area (Å²) in [6, 6.07) is 5.91. The van der Waals surface area contributed by atoms with Crippen molar-refractivity contribution in [3.63, 3.8) is 0 Å².